The molecule has 0 aliphatic carbocycles. The van der Waals surface area contributed by atoms with Crippen LogP contribution in [0.3, 0.4) is 0 Å². The van der Waals surface area contributed by atoms with E-state index in [9.17, 15) is 4.79 Å². The van der Waals surface area contributed by atoms with Gasteiger partial charge in [0, 0.05) is 5.39 Å². The highest BCUT2D eigenvalue weighted by molar-refractivity contribution is 6.01. The number of benzene rings is 3. The summed E-state index contributed by atoms with van der Waals surface area (Å²) in [5.41, 5.74) is 0. The first-order valence-electron chi connectivity index (χ1n) is 12.4. The van der Waals surface area contributed by atoms with Gasteiger partial charge in [-0.3, -0.25) is 0 Å². The van der Waals surface area contributed by atoms with Gasteiger partial charge >= 0.3 is 5.97 Å². The van der Waals surface area contributed by atoms with E-state index in [1.165, 1.54) is 49.3 Å². The molecule has 0 heterocycles. The topological polar surface area (TPSA) is 35.5 Å². The molecular formula is C29H38O3. The lowest BCUT2D eigenvalue weighted by Gasteiger charge is -2.20. The van der Waals surface area contributed by atoms with Crippen LogP contribution in [0.2, 0.25) is 0 Å². The highest BCUT2D eigenvalue weighted by Crippen LogP contribution is 2.31. The minimum absolute atomic E-state index is 0.149. The maximum absolute atomic E-state index is 12.8. The van der Waals surface area contributed by atoms with Gasteiger partial charge in [-0.1, -0.05) is 88.3 Å². The molecule has 0 amide bonds. The van der Waals surface area contributed by atoms with Crippen LogP contribution in [0.4, 0.5) is 0 Å². The van der Waals surface area contributed by atoms with Crippen molar-refractivity contribution in [3.63, 3.8) is 0 Å². The Balaban J connectivity index is 1.69. The Kier molecular flexibility index (Phi) is 9.40. The molecule has 172 valence electrons. The van der Waals surface area contributed by atoms with Crippen LogP contribution >= 0.6 is 0 Å². The second kappa shape index (κ2) is 12.5. The molecule has 32 heavy (non-hydrogen) atoms. The number of rotatable bonds is 13. The fourth-order valence-corrected chi connectivity index (χ4v) is 4.19. The molecule has 3 rings (SSSR count). The van der Waals surface area contributed by atoms with Gasteiger partial charge in [0.2, 0.25) is 0 Å². The van der Waals surface area contributed by atoms with Gasteiger partial charge in [-0.25, -0.2) is 4.79 Å². The zero-order chi connectivity index (χ0) is 22.8. The molecule has 0 spiro atoms. The van der Waals surface area contributed by atoms with Crippen molar-refractivity contribution >= 4 is 27.5 Å². The second-order valence-electron chi connectivity index (χ2n) is 9.03. The Morgan fingerprint density at radius 3 is 2.09 bits per heavy atom. The van der Waals surface area contributed by atoms with Gasteiger partial charge in [0.05, 0.1) is 6.10 Å². The molecule has 1 atom stereocenters. The van der Waals surface area contributed by atoms with E-state index < -0.39 is 6.10 Å². The van der Waals surface area contributed by atoms with E-state index >= 15 is 0 Å². The van der Waals surface area contributed by atoms with Crippen molar-refractivity contribution in [1.29, 1.82) is 0 Å². The largest absolute Gasteiger partial charge is 0.478 e. The lowest BCUT2D eigenvalue weighted by molar-refractivity contribution is -0.156. The summed E-state index contributed by atoms with van der Waals surface area (Å²) in [7, 11) is 0. The monoisotopic (exact) mass is 434 g/mol. The lowest BCUT2D eigenvalue weighted by atomic mass is 10.0. The molecule has 3 aromatic carbocycles. The number of fused-ring (bicyclic) bond motifs is 2. The number of hydrogen-bond acceptors (Lipinski definition) is 3. The van der Waals surface area contributed by atoms with Crippen LogP contribution in [0.5, 0.6) is 5.75 Å². The molecule has 1 unspecified atom stereocenters. The number of hydrogen-bond donors (Lipinski definition) is 0. The first kappa shape index (κ1) is 24.1. The minimum Gasteiger partial charge on any atom is -0.478 e. The first-order chi connectivity index (χ1) is 15.6. The fourth-order valence-electron chi connectivity index (χ4n) is 4.19. The summed E-state index contributed by atoms with van der Waals surface area (Å²) in [5.74, 6) is 0.485. The van der Waals surface area contributed by atoms with Crippen molar-refractivity contribution in [3.8, 4) is 5.75 Å². The molecule has 0 bridgehead atoms. The smallest absolute Gasteiger partial charge is 0.347 e. The van der Waals surface area contributed by atoms with Crippen LogP contribution in [0.15, 0.2) is 54.6 Å². The van der Waals surface area contributed by atoms with Crippen LogP contribution in [0.1, 0.15) is 78.6 Å². The summed E-state index contributed by atoms with van der Waals surface area (Å²) < 4.78 is 11.8. The van der Waals surface area contributed by atoms with Gasteiger partial charge in [0.15, 0.2) is 6.10 Å². The Labute approximate surface area is 193 Å². The van der Waals surface area contributed by atoms with Crippen molar-refractivity contribution in [2.45, 2.75) is 90.8 Å². The van der Waals surface area contributed by atoms with Crippen molar-refractivity contribution in [3.05, 3.63) is 54.6 Å². The maximum atomic E-state index is 12.8. The normalized spacial score (nSPS) is 12.4. The van der Waals surface area contributed by atoms with Crippen LogP contribution in [0.25, 0.3) is 21.5 Å². The molecule has 0 saturated carbocycles. The highest BCUT2D eigenvalue weighted by atomic mass is 16.6. The molecule has 0 saturated heterocycles. The van der Waals surface area contributed by atoms with E-state index in [-0.39, 0.29) is 12.1 Å². The number of carbonyl (C=O) groups is 1. The Morgan fingerprint density at radius 2 is 1.41 bits per heavy atom. The van der Waals surface area contributed by atoms with E-state index in [4.69, 9.17) is 9.47 Å². The zero-order valence-corrected chi connectivity index (χ0v) is 19.9. The van der Waals surface area contributed by atoms with Gasteiger partial charge in [0.25, 0.3) is 0 Å². The molecule has 0 aliphatic rings. The van der Waals surface area contributed by atoms with Crippen LogP contribution < -0.4 is 4.74 Å². The van der Waals surface area contributed by atoms with E-state index in [1.807, 2.05) is 32.0 Å². The second-order valence-corrected chi connectivity index (χ2v) is 9.03. The average molecular weight is 435 g/mol. The van der Waals surface area contributed by atoms with Crippen LogP contribution in [0, 0.1) is 0 Å². The molecule has 0 N–H and O–H groups in total. The lowest BCUT2D eigenvalue weighted by Crippen LogP contribution is -2.31. The van der Waals surface area contributed by atoms with Gasteiger partial charge in [-0.05, 0) is 61.0 Å². The van der Waals surface area contributed by atoms with Gasteiger partial charge in [0.1, 0.15) is 5.75 Å². The van der Waals surface area contributed by atoms with Crippen LogP contribution in [-0.2, 0) is 9.53 Å². The SMILES string of the molecule is CCCCCCCCCCC(Oc1cccc2cc3ccccc3cc12)C(=O)OC(C)C. The van der Waals surface area contributed by atoms with E-state index in [0.29, 0.717) is 6.42 Å². The van der Waals surface area contributed by atoms with Gasteiger partial charge < -0.3 is 9.47 Å². The van der Waals surface area contributed by atoms with E-state index in [2.05, 4.69) is 43.3 Å². The molecule has 3 nitrogen and oxygen atoms in total. The Bertz CT molecular complexity index is 992. The summed E-state index contributed by atoms with van der Waals surface area (Å²) in [6.45, 7) is 6.01. The third-order valence-electron chi connectivity index (χ3n) is 5.91. The number of ether oxygens (including phenoxy) is 2. The summed E-state index contributed by atoms with van der Waals surface area (Å²) in [4.78, 5) is 12.8. The highest BCUT2D eigenvalue weighted by Gasteiger charge is 2.23. The molecule has 0 aromatic heterocycles. The standard InChI is InChI=1S/C29H38O3/c1-4-5-6-7-8-9-10-11-18-28(29(30)31-22(2)3)32-27-19-14-17-25-20-23-15-12-13-16-24(23)21-26(25)27/h12-17,19-22,28H,4-11,18H2,1-3H3. The molecule has 0 fully saturated rings. The predicted octanol–water partition coefficient (Wildman–Crippen LogP) is 8.22. The molecule has 3 heteroatoms. The van der Waals surface area contributed by atoms with E-state index in [1.54, 1.807) is 0 Å². The molecule has 0 radical (unpaired) electrons. The molecule has 3 aromatic rings. The van der Waals surface area contributed by atoms with Gasteiger partial charge in [-0.2, -0.15) is 0 Å². The number of esters is 1. The summed E-state index contributed by atoms with van der Waals surface area (Å²) in [6.07, 6.45) is 9.81. The maximum Gasteiger partial charge on any atom is 0.347 e. The van der Waals surface area contributed by atoms with Crippen LogP contribution in [-0.4, -0.2) is 18.2 Å². The van der Waals surface area contributed by atoms with Crippen molar-refractivity contribution in [2.24, 2.45) is 0 Å². The number of unbranched alkanes of at least 4 members (excludes halogenated alkanes) is 7. The third kappa shape index (κ3) is 6.98. The van der Waals surface area contributed by atoms with E-state index in [0.717, 1.165) is 29.4 Å². The zero-order valence-electron chi connectivity index (χ0n) is 19.9. The summed E-state index contributed by atoms with van der Waals surface area (Å²) >= 11 is 0. The van der Waals surface area contributed by atoms with Crippen molar-refractivity contribution in [2.75, 3.05) is 0 Å². The molecular weight excluding hydrogens is 396 g/mol. The minimum atomic E-state index is -0.574. The number of carbonyl (C=O) groups excluding carboxylic acids is 1. The van der Waals surface area contributed by atoms with Crippen molar-refractivity contribution in [1.82, 2.24) is 0 Å². The Hall–Kier alpha value is -2.55. The average Bonchev–Trinajstić information content (AvgIpc) is 2.78. The predicted molar refractivity (Wildman–Crippen MR) is 134 cm³/mol. The fraction of sp³-hybridized carbons (Fsp3) is 0.483. The van der Waals surface area contributed by atoms with Crippen molar-refractivity contribution < 1.29 is 14.3 Å². The molecule has 0 aliphatic heterocycles. The summed E-state index contributed by atoms with van der Waals surface area (Å²) in [6, 6.07) is 18.7. The Morgan fingerprint density at radius 1 is 0.781 bits per heavy atom. The third-order valence-corrected chi connectivity index (χ3v) is 5.91. The summed E-state index contributed by atoms with van der Waals surface area (Å²) in [5, 5.41) is 4.51. The first-order valence-corrected chi connectivity index (χ1v) is 12.4. The quantitative estimate of drug-likeness (QED) is 0.154. The van der Waals surface area contributed by atoms with Gasteiger partial charge in [-0.15, -0.1) is 0 Å².